The third-order valence-corrected chi connectivity index (χ3v) is 7.40. The Morgan fingerprint density at radius 2 is 2.03 bits per heavy atom. The topological polar surface area (TPSA) is 81.9 Å². The van der Waals surface area contributed by atoms with Crippen LogP contribution in [0.1, 0.15) is 21.1 Å². The van der Waals surface area contributed by atoms with Crippen LogP contribution in [0.15, 0.2) is 53.0 Å². The first-order valence-corrected chi connectivity index (χ1v) is 12.9. The van der Waals surface area contributed by atoms with E-state index in [1.807, 2.05) is 54.0 Å². The summed E-state index contributed by atoms with van der Waals surface area (Å²) >= 11 is 15.7. The molecule has 0 spiro atoms. The van der Waals surface area contributed by atoms with Crippen LogP contribution in [-0.2, 0) is 10.5 Å². The number of aryl methyl sites for hydroxylation is 1. The second-order valence-corrected chi connectivity index (χ2v) is 9.94. The molecule has 0 aliphatic heterocycles. The van der Waals surface area contributed by atoms with Gasteiger partial charge >= 0.3 is 0 Å². The second kappa shape index (κ2) is 11.3. The summed E-state index contributed by atoms with van der Waals surface area (Å²) in [5, 5.41) is 16.1. The van der Waals surface area contributed by atoms with Crippen LogP contribution in [0.2, 0.25) is 10.0 Å². The lowest BCUT2D eigenvalue weighted by Gasteiger charge is -2.14. The van der Waals surface area contributed by atoms with E-state index in [-0.39, 0.29) is 5.91 Å². The molecule has 4 aromatic rings. The molecule has 2 heterocycles. The molecule has 0 bridgehead atoms. The van der Waals surface area contributed by atoms with E-state index >= 15 is 0 Å². The number of carbonyl (C=O) groups excluding carboxylic acids is 1. The van der Waals surface area contributed by atoms with Crippen LogP contribution in [-0.4, -0.2) is 45.9 Å². The quantitative estimate of drug-likeness (QED) is 0.220. The van der Waals surface area contributed by atoms with Crippen molar-refractivity contribution in [2.24, 2.45) is 0 Å². The highest BCUT2D eigenvalue weighted by Crippen LogP contribution is 2.35. The van der Waals surface area contributed by atoms with Crippen molar-refractivity contribution in [3.63, 3.8) is 0 Å². The Labute approximate surface area is 215 Å². The van der Waals surface area contributed by atoms with Gasteiger partial charge in [-0.3, -0.25) is 9.36 Å². The molecule has 1 N–H and O–H groups in total. The molecule has 0 aliphatic rings. The molecule has 2 aromatic carbocycles. The molecule has 0 aliphatic carbocycles. The maximum atomic E-state index is 12.2. The highest BCUT2D eigenvalue weighted by molar-refractivity contribution is 7.98. The second-order valence-electron chi connectivity index (χ2n) is 7.22. The van der Waals surface area contributed by atoms with Crippen molar-refractivity contribution >= 4 is 52.2 Å². The fourth-order valence-electron chi connectivity index (χ4n) is 3.19. The van der Waals surface area contributed by atoms with Gasteiger partial charge in [0.25, 0.3) is 5.91 Å². The number of methoxy groups -OCH3 is 1. The third kappa shape index (κ3) is 5.61. The number of hydrogen-bond donors (Lipinski definition) is 1. The summed E-state index contributed by atoms with van der Waals surface area (Å²) in [7, 11) is 1.59. The maximum absolute atomic E-state index is 12.2. The zero-order valence-corrected chi connectivity index (χ0v) is 21.6. The van der Waals surface area contributed by atoms with Crippen molar-refractivity contribution < 1.29 is 9.53 Å². The molecule has 0 radical (unpaired) electrons. The highest BCUT2D eigenvalue weighted by atomic mass is 35.5. The lowest BCUT2D eigenvalue weighted by atomic mass is 10.1. The van der Waals surface area contributed by atoms with E-state index in [9.17, 15) is 4.79 Å². The van der Waals surface area contributed by atoms with Gasteiger partial charge in [-0.2, -0.15) is 0 Å². The van der Waals surface area contributed by atoms with Gasteiger partial charge in [0.1, 0.15) is 10.7 Å². The lowest BCUT2D eigenvalue weighted by Crippen LogP contribution is -2.27. The number of thiazole rings is 1. The Balaban J connectivity index is 1.63. The minimum absolute atomic E-state index is 0.219. The van der Waals surface area contributed by atoms with E-state index in [2.05, 4.69) is 20.5 Å². The van der Waals surface area contributed by atoms with E-state index in [1.165, 1.54) is 23.1 Å². The van der Waals surface area contributed by atoms with Gasteiger partial charge in [-0.25, -0.2) is 4.98 Å². The minimum atomic E-state index is -0.219. The lowest BCUT2D eigenvalue weighted by molar-refractivity contribution is 0.0932. The summed E-state index contributed by atoms with van der Waals surface area (Å²) in [5.74, 6) is 0.926. The third-order valence-electron chi connectivity index (χ3n) is 4.86. The molecule has 0 unspecified atom stereocenters. The summed E-state index contributed by atoms with van der Waals surface area (Å²) < 4.78 is 6.92. The van der Waals surface area contributed by atoms with Crippen LogP contribution in [0.5, 0.6) is 0 Å². The number of thioether (sulfide) groups is 1. The number of ether oxygens (including phenoxy) is 1. The molecule has 0 fully saturated rings. The summed E-state index contributed by atoms with van der Waals surface area (Å²) in [5.41, 5.74) is 3.05. The van der Waals surface area contributed by atoms with Gasteiger partial charge in [0.2, 0.25) is 0 Å². The van der Waals surface area contributed by atoms with Gasteiger partial charge in [-0.05, 0) is 36.8 Å². The highest BCUT2D eigenvalue weighted by Gasteiger charge is 2.20. The van der Waals surface area contributed by atoms with Crippen LogP contribution in [0, 0.1) is 6.92 Å². The number of nitrogens with one attached hydrogen (secondary N) is 1. The maximum Gasteiger partial charge on any atom is 0.270 e. The SMILES string of the molecule is COCCNC(=O)c1csc(CSc2nnc(-c3ccccc3Cl)n2-c2cc(Cl)ccc2C)n1. The molecule has 4 rings (SSSR count). The molecule has 34 heavy (non-hydrogen) atoms. The van der Waals surface area contributed by atoms with Gasteiger partial charge in [0, 0.05) is 29.6 Å². The summed E-state index contributed by atoms with van der Waals surface area (Å²) in [6.07, 6.45) is 0. The average molecular weight is 534 g/mol. The van der Waals surface area contributed by atoms with E-state index in [0.29, 0.717) is 45.6 Å². The Bertz CT molecular complexity index is 1310. The normalized spacial score (nSPS) is 11.1. The number of hydrogen-bond acceptors (Lipinski definition) is 7. The number of amides is 1. The minimum Gasteiger partial charge on any atom is -0.383 e. The first kappa shape index (κ1) is 24.7. The molecule has 2 aromatic heterocycles. The van der Waals surface area contributed by atoms with E-state index in [0.717, 1.165) is 21.8 Å². The first-order valence-electron chi connectivity index (χ1n) is 10.3. The van der Waals surface area contributed by atoms with Crippen molar-refractivity contribution in [2.75, 3.05) is 20.3 Å². The molecule has 176 valence electrons. The largest absolute Gasteiger partial charge is 0.383 e. The standard InChI is InChI=1S/C23H21Cl2N5O2S2/c1-14-7-8-15(24)11-19(14)30-21(16-5-3-4-6-17(16)25)28-29-23(30)34-13-20-27-18(12-33-20)22(31)26-9-10-32-2/h3-8,11-12H,9-10,13H2,1-2H3,(H,26,31). The van der Waals surface area contributed by atoms with Crippen LogP contribution < -0.4 is 5.32 Å². The summed E-state index contributed by atoms with van der Waals surface area (Å²) in [6, 6.07) is 13.2. The van der Waals surface area contributed by atoms with Crippen molar-refractivity contribution in [2.45, 2.75) is 17.8 Å². The number of nitrogens with zero attached hydrogens (tertiary/aromatic N) is 4. The Morgan fingerprint density at radius 3 is 2.82 bits per heavy atom. The van der Waals surface area contributed by atoms with Gasteiger partial charge < -0.3 is 10.1 Å². The molecular weight excluding hydrogens is 513 g/mol. The predicted molar refractivity (Wildman–Crippen MR) is 137 cm³/mol. The molecule has 0 saturated heterocycles. The Kier molecular flexibility index (Phi) is 8.23. The summed E-state index contributed by atoms with van der Waals surface area (Å²) in [4.78, 5) is 16.7. The van der Waals surface area contributed by atoms with Gasteiger partial charge in [-0.15, -0.1) is 21.5 Å². The zero-order chi connectivity index (χ0) is 24.1. The Morgan fingerprint density at radius 1 is 1.21 bits per heavy atom. The fourth-order valence-corrected chi connectivity index (χ4v) is 5.31. The van der Waals surface area contributed by atoms with Crippen LogP contribution in [0.25, 0.3) is 17.1 Å². The predicted octanol–water partition coefficient (Wildman–Crippen LogP) is 5.67. The number of aromatic nitrogens is 4. The van der Waals surface area contributed by atoms with Crippen LogP contribution in [0.4, 0.5) is 0 Å². The van der Waals surface area contributed by atoms with Gasteiger partial charge in [0.15, 0.2) is 11.0 Å². The van der Waals surface area contributed by atoms with Crippen molar-refractivity contribution in [1.82, 2.24) is 25.1 Å². The van der Waals surface area contributed by atoms with Crippen molar-refractivity contribution in [3.8, 4) is 17.1 Å². The Hall–Kier alpha value is -2.43. The number of carbonyl (C=O) groups is 1. The molecular formula is C23H21Cl2N5O2S2. The average Bonchev–Trinajstić information content (AvgIpc) is 3.47. The van der Waals surface area contributed by atoms with Crippen molar-refractivity contribution in [3.05, 3.63) is 74.2 Å². The van der Waals surface area contributed by atoms with E-state index in [4.69, 9.17) is 27.9 Å². The van der Waals surface area contributed by atoms with E-state index in [1.54, 1.807) is 12.5 Å². The number of rotatable bonds is 9. The number of halogens is 2. The van der Waals surface area contributed by atoms with Crippen LogP contribution >= 0.6 is 46.3 Å². The van der Waals surface area contributed by atoms with Gasteiger partial charge in [-0.1, -0.05) is 53.2 Å². The van der Waals surface area contributed by atoms with Crippen LogP contribution in [0.3, 0.4) is 0 Å². The van der Waals surface area contributed by atoms with Crippen molar-refractivity contribution in [1.29, 1.82) is 0 Å². The number of benzene rings is 2. The zero-order valence-electron chi connectivity index (χ0n) is 18.4. The molecule has 0 saturated carbocycles. The summed E-state index contributed by atoms with van der Waals surface area (Å²) in [6.45, 7) is 2.89. The smallest absolute Gasteiger partial charge is 0.270 e. The van der Waals surface area contributed by atoms with Gasteiger partial charge in [0.05, 0.1) is 23.1 Å². The monoisotopic (exact) mass is 533 g/mol. The molecule has 1 amide bonds. The molecule has 7 nitrogen and oxygen atoms in total. The first-order chi connectivity index (χ1) is 16.5. The van der Waals surface area contributed by atoms with E-state index < -0.39 is 0 Å². The fraction of sp³-hybridized carbons (Fsp3) is 0.217. The molecule has 0 atom stereocenters. The molecule has 11 heteroatoms.